The number of para-hydroxylation sites is 4. The second-order valence-corrected chi connectivity index (χ2v) is 20.5. The van der Waals surface area contributed by atoms with Gasteiger partial charge in [0.15, 0.2) is 0 Å². The second kappa shape index (κ2) is 16.8. The number of hydrogen-bond donors (Lipinski definition) is 0. The highest BCUT2D eigenvalue weighted by molar-refractivity contribution is 5.90. The first-order chi connectivity index (χ1) is 36.7. The maximum absolute atomic E-state index is 2.57. The van der Waals surface area contributed by atoms with E-state index in [2.05, 4.69) is 277 Å². The summed E-state index contributed by atoms with van der Waals surface area (Å²) in [5, 5.41) is 0. The van der Waals surface area contributed by atoms with Crippen LogP contribution in [0.4, 0.5) is 34.1 Å². The zero-order valence-corrected chi connectivity index (χ0v) is 41.1. The van der Waals surface area contributed by atoms with Crippen molar-refractivity contribution in [3.05, 3.63) is 334 Å². The number of aryl methyl sites for hydroxylation is 4. The quantitative estimate of drug-likeness (QED) is 0.164. The Morgan fingerprint density at radius 3 is 0.811 bits per heavy atom. The number of rotatable bonds is 6. The topological polar surface area (TPSA) is 6.48 Å². The molecule has 0 bridgehead atoms. The van der Waals surface area contributed by atoms with Gasteiger partial charge in [0, 0.05) is 34.1 Å². The second-order valence-electron chi connectivity index (χ2n) is 20.5. The SMILES string of the molecule is c1cc(C2(c3ccc(N4c5ccccc5CCc5ccccc54)cc3)c3ccccc3-c3ccccc32)cc(C2(c3ccc(N4c5ccccc5CCc5ccccc54)cc3)c3ccccc3-c3ccccc32)c1. The first kappa shape index (κ1) is 42.7. The summed E-state index contributed by atoms with van der Waals surface area (Å²) in [6.07, 6.45) is 4.04. The van der Waals surface area contributed by atoms with Crippen molar-refractivity contribution in [2.45, 2.75) is 36.5 Å². The van der Waals surface area contributed by atoms with Crippen LogP contribution in [0.1, 0.15) is 66.8 Å². The minimum Gasteiger partial charge on any atom is -0.310 e. The Labute approximate surface area is 434 Å². The molecule has 0 N–H and O–H groups in total. The molecule has 2 aliphatic heterocycles. The lowest BCUT2D eigenvalue weighted by Gasteiger charge is -2.38. The standard InChI is InChI=1S/C72H52N2/c1-13-32-67-49(18-1)36-37-50-19-2-14-33-68(50)73(67)57-44-40-53(41-45-57)71(63-28-9-5-24-59(63)60-25-6-10-29-64(60)71)55-22-17-23-56(48-55)72(65-30-11-7-26-61(65)62-27-8-12-31-66(62)72)54-42-46-58(47-43-54)74-69-34-15-3-20-51(69)38-39-52-21-4-16-35-70(52)74/h1-35,40-48H,36-39H2. The van der Waals surface area contributed by atoms with Crippen molar-refractivity contribution in [1.29, 1.82) is 0 Å². The van der Waals surface area contributed by atoms with Gasteiger partial charge in [-0.1, -0.05) is 218 Å². The largest absolute Gasteiger partial charge is 0.310 e. The summed E-state index contributed by atoms with van der Waals surface area (Å²) in [5.74, 6) is 0. The lowest BCUT2D eigenvalue weighted by atomic mass is 9.64. The summed E-state index contributed by atoms with van der Waals surface area (Å²) in [4.78, 5) is 4.97. The number of fused-ring (bicyclic) bond motifs is 10. The van der Waals surface area contributed by atoms with Crippen LogP contribution in [0.5, 0.6) is 0 Å². The lowest BCUT2D eigenvalue weighted by molar-refractivity contribution is 0.740. The Morgan fingerprint density at radius 2 is 0.500 bits per heavy atom. The zero-order chi connectivity index (χ0) is 48.8. The fourth-order valence-electron chi connectivity index (χ4n) is 13.9. The maximum Gasteiger partial charge on any atom is 0.0713 e. The molecule has 2 heterocycles. The minimum atomic E-state index is -0.618. The molecule has 0 aromatic heterocycles. The van der Waals surface area contributed by atoms with E-state index in [1.807, 2.05) is 0 Å². The summed E-state index contributed by atoms with van der Waals surface area (Å²) < 4.78 is 0. The van der Waals surface area contributed by atoms with Crippen molar-refractivity contribution in [2.75, 3.05) is 9.80 Å². The van der Waals surface area contributed by atoms with E-state index in [1.54, 1.807) is 0 Å². The maximum atomic E-state index is 2.57. The fraction of sp³-hybridized carbons (Fsp3) is 0.0833. The van der Waals surface area contributed by atoms with Gasteiger partial charge in [-0.2, -0.15) is 0 Å². The molecule has 4 aliphatic rings. The van der Waals surface area contributed by atoms with Gasteiger partial charge < -0.3 is 9.80 Å². The summed E-state index contributed by atoms with van der Waals surface area (Å²) >= 11 is 0. The molecule has 0 radical (unpaired) electrons. The zero-order valence-electron chi connectivity index (χ0n) is 41.1. The summed E-state index contributed by atoms with van der Waals surface area (Å²) in [6, 6.07) is 101. The number of anilines is 6. The number of hydrogen-bond acceptors (Lipinski definition) is 2. The third-order valence-electron chi connectivity index (χ3n) is 17.0. The molecule has 0 amide bonds. The van der Waals surface area contributed by atoms with E-state index in [0.717, 1.165) is 37.1 Å². The van der Waals surface area contributed by atoms with Gasteiger partial charge in [-0.3, -0.25) is 0 Å². The van der Waals surface area contributed by atoms with Crippen LogP contribution in [0.15, 0.2) is 267 Å². The molecule has 74 heavy (non-hydrogen) atoms. The van der Waals surface area contributed by atoms with Crippen LogP contribution in [-0.2, 0) is 36.5 Å². The molecule has 0 spiro atoms. The molecule has 2 aliphatic carbocycles. The summed E-state index contributed by atoms with van der Waals surface area (Å²) in [5.41, 5.74) is 26.9. The van der Waals surface area contributed by atoms with E-state index in [1.165, 1.54) is 112 Å². The molecule has 11 aromatic rings. The normalized spacial score (nSPS) is 15.0. The van der Waals surface area contributed by atoms with Gasteiger partial charge >= 0.3 is 0 Å². The van der Waals surface area contributed by atoms with Gasteiger partial charge in [-0.15, -0.1) is 0 Å². The van der Waals surface area contributed by atoms with Crippen LogP contribution in [0.25, 0.3) is 22.3 Å². The van der Waals surface area contributed by atoms with Crippen molar-refractivity contribution in [2.24, 2.45) is 0 Å². The Balaban J connectivity index is 0.947. The van der Waals surface area contributed by atoms with Crippen molar-refractivity contribution < 1.29 is 0 Å². The summed E-state index contributed by atoms with van der Waals surface area (Å²) in [7, 11) is 0. The van der Waals surface area contributed by atoms with Crippen molar-refractivity contribution >= 4 is 34.1 Å². The molecule has 350 valence electrons. The predicted molar refractivity (Wildman–Crippen MR) is 305 cm³/mol. The molecule has 11 aromatic carbocycles. The molecule has 15 rings (SSSR count). The van der Waals surface area contributed by atoms with Gasteiger partial charge in [0.25, 0.3) is 0 Å². The smallest absolute Gasteiger partial charge is 0.0713 e. The third kappa shape index (κ3) is 6.12. The lowest BCUT2D eigenvalue weighted by Crippen LogP contribution is -2.32. The van der Waals surface area contributed by atoms with Crippen LogP contribution in [-0.4, -0.2) is 0 Å². The number of nitrogens with zero attached hydrogens (tertiary/aromatic N) is 2. The van der Waals surface area contributed by atoms with E-state index in [4.69, 9.17) is 0 Å². The van der Waals surface area contributed by atoms with Gasteiger partial charge in [-0.05, 0) is 163 Å². The highest BCUT2D eigenvalue weighted by atomic mass is 15.2. The monoisotopic (exact) mass is 944 g/mol. The van der Waals surface area contributed by atoms with Crippen LogP contribution in [0.2, 0.25) is 0 Å². The fourth-order valence-corrected chi connectivity index (χ4v) is 13.9. The van der Waals surface area contributed by atoms with Crippen molar-refractivity contribution in [3.8, 4) is 22.3 Å². The number of benzene rings is 11. The van der Waals surface area contributed by atoms with Gasteiger partial charge in [0.1, 0.15) is 0 Å². The Hall–Kier alpha value is -8.98. The molecule has 0 saturated heterocycles. The Morgan fingerprint density at radius 1 is 0.230 bits per heavy atom. The van der Waals surface area contributed by atoms with E-state index < -0.39 is 10.8 Å². The first-order valence-corrected chi connectivity index (χ1v) is 26.3. The van der Waals surface area contributed by atoms with Crippen molar-refractivity contribution in [1.82, 2.24) is 0 Å². The van der Waals surface area contributed by atoms with Gasteiger partial charge in [0.05, 0.1) is 10.8 Å². The average molecular weight is 945 g/mol. The van der Waals surface area contributed by atoms with Crippen LogP contribution in [0, 0.1) is 0 Å². The molecule has 0 saturated carbocycles. The van der Waals surface area contributed by atoms with Gasteiger partial charge in [-0.25, -0.2) is 0 Å². The first-order valence-electron chi connectivity index (χ1n) is 26.3. The van der Waals surface area contributed by atoms with Gasteiger partial charge in [0.2, 0.25) is 0 Å². The average Bonchev–Trinajstić information content (AvgIpc) is 3.80. The third-order valence-corrected chi connectivity index (χ3v) is 17.0. The van der Waals surface area contributed by atoms with Crippen LogP contribution < -0.4 is 9.80 Å². The predicted octanol–water partition coefficient (Wildman–Crippen LogP) is 17.5. The molecule has 2 nitrogen and oxygen atoms in total. The van der Waals surface area contributed by atoms with E-state index in [0.29, 0.717) is 0 Å². The van der Waals surface area contributed by atoms with Crippen LogP contribution in [0.3, 0.4) is 0 Å². The van der Waals surface area contributed by atoms with Crippen LogP contribution >= 0.6 is 0 Å². The van der Waals surface area contributed by atoms with E-state index in [9.17, 15) is 0 Å². The molecule has 0 atom stereocenters. The van der Waals surface area contributed by atoms with E-state index >= 15 is 0 Å². The molecular weight excluding hydrogens is 893 g/mol. The van der Waals surface area contributed by atoms with Crippen molar-refractivity contribution in [3.63, 3.8) is 0 Å². The highest BCUT2D eigenvalue weighted by Gasteiger charge is 2.49. The Bertz CT molecular complexity index is 3550. The summed E-state index contributed by atoms with van der Waals surface area (Å²) in [6.45, 7) is 0. The molecule has 0 fully saturated rings. The minimum absolute atomic E-state index is 0.618. The molecular formula is C72H52N2. The van der Waals surface area contributed by atoms with E-state index in [-0.39, 0.29) is 0 Å². The molecule has 2 heteroatoms. The highest BCUT2D eigenvalue weighted by Crippen LogP contribution is 2.60. The molecule has 0 unspecified atom stereocenters. The Kier molecular flexibility index (Phi) is 9.69.